The molecule has 0 fully saturated rings. The number of rotatable bonds is 0. The van der Waals surface area contributed by atoms with Crippen molar-refractivity contribution < 1.29 is 4.42 Å². The van der Waals surface area contributed by atoms with Crippen LogP contribution in [0.5, 0.6) is 0 Å². The fourth-order valence-electron chi connectivity index (χ4n) is 0.779. The number of nitrogens with two attached hydrogens (primary N) is 1. The van der Waals surface area contributed by atoms with Crippen LogP contribution >= 0.6 is 0 Å². The zero-order valence-corrected chi connectivity index (χ0v) is 5.11. The predicted octanol–water partition coefficient (Wildman–Crippen LogP) is 0.805. The van der Waals surface area contributed by atoms with E-state index in [1.807, 2.05) is 0 Å². The number of hydrogen-bond donors (Lipinski definition) is 1. The van der Waals surface area contributed by atoms with Gasteiger partial charge in [0.1, 0.15) is 11.3 Å². The predicted molar refractivity (Wildman–Crippen MR) is 36.2 cm³/mol. The molecular formula is C6H5N3O. The number of nitrogen functional groups attached to an aromatic ring is 1. The Balaban J connectivity index is 2.86. The summed E-state index contributed by atoms with van der Waals surface area (Å²) in [6.07, 6.45) is 2.92. The lowest BCUT2D eigenvalue weighted by atomic mass is 10.4. The Morgan fingerprint density at radius 1 is 1.40 bits per heavy atom. The number of pyridine rings is 1. The molecule has 0 spiro atoms. The molecule has 0 aliphatic rings. The highest BCUT2D eigenvalue weighted by Crippen LogP contribution is 2.11. The second kappa shape index (κ2) is 1.70. The highest BCUT2D eigenvalue weighted by atomic mass is 16.3. The average Bonchev–Trinajstić information content (AvgIpc) is 2.33. The Bertz CT molecular complexity index is 355. The smallest absolute Gasteiger partial charge is 0.182 e. The molecule has 50 valence electrons. The van der Waals surface area contributed by atoms with E-state index in [0.29, 0.717) is 11.4 Å². The normalized spacial score (nSPS) is 10.4. The quantitative estimate of drug-likeness (QED) is 0.580. The van der Waals surface area contributed by atoms with E-state index in [2.05, 4.69) is 9.97 Å². The van der Waals surface area contributed by atoms with Crippen molar-refractivity contribution in [3.8, 4) is 0 Å². The van der Waals surface area contributed by atoms with E-state index in [-0.39, 0.29) is 0 Å². The first kappa shape index (κ1) is 5.22. The molecule has 2 aromatic rings. The summed E-state index contributed by atoms with van der Waals surface area (Å²) in [4.78, 5) is 7.72. The number of fused-ring (bicyclic) bond motifs is 1. The summed E-state index contributed by atoms with van der Waals surface area (Å²) in [7, 11) is 0. The van der Waals surface area contributed by atoms with Gasteiger partial charge in [0, 0.05) is 6.07 Å². The largest absolute Gasteiger partial charge is 0.442 e. The van der Waals surface area contributed by atoms with Crippen LogP contribution in [-0.2, 0) is 0 Å². The minimum absolute atomic E-state index is 0.460. The van der Waals surface area contributed by atoms with E-state index in [9.17, 15) is 0 Å². The number of oxazole rings is 1. The summed E-state index contributed by atoms with van der Waals surface area (Å²) in [6.45, 7) is 0. The van der Waals surface area contributed by atoms with Gasteiger partial charge >= 0.3 is 0 Å². The zero-order valence-electron chi connectivity index (χ0n) is 5.11. The molecule has 4 heteroatoms. The van der Waals surface area contributed by atoms with Crippen LogP contribution in [0.25, 0.3) is 11.1 Å². The zero-order chi connectivity index (χ0) is 6.97. The fraction of sp³-hybridized carbons (Fsp3) is 0. The first-order valence-electron chi connectivity index (χ1n) is 2.81. The third-order valence-electron chi connectivity index (χ3n) is 1.24. The van der Waals surface area contributed by atoms with Gasteiger partial charge in [-0.05, 0) is 0 Å². The number of anilines is 1. The van der Waals surface area contributed by atoms with Gasteiger partial charge in [0.05, 0.1) is 6.20 Å². The lowest BCUT2D eigenvalue weighted by Gasteiger charge is -1.87. The summed E-state index contributed by atoms with van der Waals surface area (Å²) in [6, 6.07) is 1.67. The second-order valence-electron chi connectivity index (χ2n) is 1.93. The van der Waals surface area contributed by atoms with Crippen LogP contribution in [0.4, 0.5) is 5.82 Å². The van der Waals surface area contributed by atoms with E-state index in [1.54, 1.807) is 12.3 Å². The Labute approximate surface area is 56.7 Å². The maximum atomic E-state index is 5.39. The van der Waals surface area contributed by atoms with E-state index >= 15 is 0 Å². The molecular weight excluding hydrogens is 130 g/mol. The molecule has 0 atom stereocenters. The molecule has 0 unspecified atom stereocenters. The summed E-state index contributed by atoms with van der Waals surface area (Å²) in [5, 5.41) is 0. The summed E-state index contributed by atoms with van der Waals surface area (Å²) in [5.41, 5.74) is 6.79. The van der Waals surface area contributed by atoms with Gasteiger partial charge in [-0.25, -0.2) is 9.97 Å². The molecule has 2 rings (SSSR count). The SMILES string of the molecule is Nc1cc2ncoc2cn1. The van der Waals surface area contributed by atoms with Crippen LogP contribution in [0.3, 0.4) is 0 Å². The molecule has 0 aliphatic heterocycles. The molecule has 0 aliphatic carbocycles. The molecule has 0 saturated carbocycles. The fourth-order valence-corrected chi connectivity index (χ4v) is 0.779. The topological polar surface area (TPSA) is 64.9 Å². The highest BCUT2D eigenvalue weighted by molar-refractivity contribution is 5.73. The minimum atomic E-state index is 0.460. The lowest BCUT2D eigenvalue weighted by Crippen LogP contribution is -1.87. The Kier molecular flexibility index (Phi) is 0.887. The van der Waals surface area contributed by atoms with E-state index < -0.39 is 0 Å². The first-order chi connectivity index (χ1) is 4.86. The Morgan fingerprint density at radius 2 is 2.30 bits per heavy atom. The van der Waals surface area contributed by atoms with Gasteiger partial charge in [-0.1, -0.05) is 0 Å². The van der Waals surface area contributed by atoms with Crippen molar-refractivity contribution in [2.45, 2.75) is 0 Å². The maximum absolute atomic E-state index is 5.39. The van der Waals surface area contributed by atoms with Crippen LogP contribution in [0, 0.1) is 0 Å². The van der Waals surface area contributed by atoms with Crippen LogP contribution < -0.4 is 5.73 Å². The summed E-state index contributed by atoms with van der Waals surface area (Å²) < 4.78 is 4.94. The molecule has 0 amide bonds. The van der Waals surface area contributed by atoms with Crippen LogP contribution in [-0.4, -0.2) is 9.97 Å². The van der Waals surface area contributed by atoms with Crippen molar-refractivity contribution in [2.24, 2.45) is 0 Å². The summed E-state index contributed by atoms with van der Waals surface area (Å²) in [5.74, 6) is 0.460. The second-order valence-corrected chi connectivity index (χ2v) is 1.93. The number of nitrogens with zero attached hydrogens (tertiary/aromatic N) is 2. The van der Waals surface area contributed by atoms with Gasteiger partial charge in [0.2, 0.25) is 0 Å². The molecule has 2 heterocycles. The van der Waals surface area contributed by atoms with Gasteiger partial charge in [0.15, 0.2) is 12.0 Å². The molecule has 2 aromatic heterocycles. The molecule has 4 nitrogen and oxygen atoms in total. The summed E-state index contributed by atoms with van der Waals surface area (Å²) >= 11 is 0. The molecule has 0 radical (unpaired) electrons. The van der Waals surface area contributed by atoms with Gasteiger partial charge in [-0.2, -0.15) is 0 Å². The molecule has 0 aromatic carbocycles. The van der Waals surface area contributed by atoms with E-state index in [0.717, 1.165) is 5.52 Å². The highest BCUT2D eigenvalue weighted by Gasteiger charge is 1.96. The van der Waals surface area contributed by atoms with E-state index in [4.69, 9.17) is 10.2 Å². The van der Waals surface area contributed by atoms with Crippen LogP contribution in [0.2, 0.25) is 0 Å². The number of hydrogen-bond acceptors (Lipinski definition) is 4. The molecule has 2 N–H and O–H groups in total. The van der Waals surface area contributed by atoms with Crippen molar-refractivity contribution in [1.82, 2.24) is 9.97 Å². The third-order valence-corrected chi connectivity index (χ3v) is 1.24. The minimum Gasteiger partial charge on any atom is -0.442 e. The van der Waals surface area contributed by atoms with Gasteiger partial charge in [-0.15, -0.1) is 0 Å². The average molecular weight is 135 g/mol. The maximum Gasteiger partial charge on any atom is 0.182 e. The molecule has 0 saturated heterocycles. The van der Waals surface area contributed by atoms with Crippen molar-refractivity contribution in [2.75, 3.05) is 5.73 Å². The van der Waals surface area contributed by atoms with Crippen molar-refractivity contribution in [3.05, 3.63) is 18.7 Å². The third kappa shape index (κ3) is 0.621. The van der Waals surface area contributed by atoms with Crippen molar-refractivity contribution in [1.29, 1.82) is 0 Å². The standard InChI is InChI=1S/C6H5N3O/c7-6-1-4-5(2-8-6)10-3-9-4/h1-3H,(H2,7,8). The lowest BCUT2D eigenvalue weighted by molar-refractivity contribution is 0.601. The van der Waals surface area contributed by atoms with Gasteiger partial charge in [-0.3, -0.25) is 0 Å². The van der Waals surface area contributed by atoms with Crippen molar-refractivity contribution in [3.63, 3.8) is 0 Å². The van der Waals surface area contributed by atoms with Gasteiger partial charge in [0.25, 0.3) is 0 Å². The molecule has 0 bridgehead atoms. The first-order valence-corrected chi connectivity index (χ1v) is 2.81. The number of aromatic nitrogens is 2. The molecule has 10 heavy (non-hydrogen) atoms. The van der Waals surface area contributed by atoms with Crippen molar-refractivity contribution >= 4 is 16.9 Å². The van der Waals surface area contributed by atoms with E-state index in [1.165, 1.54) is 6.39 Å². The van der Waals surface area contributed by atoms with Crippen LogP contribution in [0.1, 0.15) is 0 Å². The van der Waals surface area contributed by atoms with Crippen LogP contribution in [0.15, 0.2) is 23.1 Å². The monoisotopic (exact) mass is 135 g/mol. The Hall–Kier alpha value is -1.58. The van der Waals surface area contributed by atoms with Gasteiger partial charge < -0.3 is 10.2 Å². The Morgan fingerprint density at radius 3 is 3.20 bits per heavy atom.